The van der Waals surface area contributed by atoms with Crippen molar-refractivity contribution in [3.63, 3.8) is 0 Å². The topological polar surface area (TPSA) is 89.5 Å². The van der Waals surface area contributed by atoms with Crippen molar-refractivity contribution in [1.29, 1.82) is 0 Å². The molecule has 2 rings (SSSR count). The Morgan fingerprint density at radius 2 is 2.24 bits per heavy atom. The number of nitro groups is 1. The molecule has 1 fully saturated rings. The highest BCUT2D eigenvalue weighted by molar-refractivity contribution is 6.31. The van der Waals surface area contributed by atoms with E-state index in [1.54, 1.807) is 6.07 Å². The number of carbonyl (C=O) groups is 1. The first-order valence-corrected chi connectivity index (χ1v) is 7.30. The van der Waals surface area contributed by atoms with Crippen molar-refractivity contribution in [2.45, 2.75) is 38.3 Å². The van der Waals surface area contributed by atoms with Gasteiger partial charge in [0.15, 0.2) is 0 Å². The number of likely N-dealkylation sites (tertiary alicyclic amines) is 1. The maximum absolute atomic E-state index is 11.1. The Hall–Kier alpha value is -1.66. The molecule has 0 saturated carbocycles. The third-order valence-corrected chi connectivity index (χ3v) is 4.16. The molecule has 0 spiro atoms. The second-order valence-electron chi connectivity index (χ2n) is 5.32. The first-order chi connectivity index (χ1) is 9.97. The monoisotopic (exact) mass is 311 g/mol. The minimum Gasteiger partial charge on any atom is -0.370 e. The molecule has 7 heteroatoms. The van der Waals surface area contributed by atoms with Gasteiger partial charge in [0.2, 0.25) is 5.91 Å². The van der Waals surface area contributed by atoms with Crippen molar-refractivity contribution in [3.8, 4) is 0 Å². The molecule has 1 heterocycles. The number of hydrogen-bond donors (Lipinski definition) is 1. The highest BCUT2D eigenvalue weighted by atomic mass is 35.5. The molecule has 0 aliphatic carbocycles. The normalized spacial score (nSPS) is 19.4. The van der Waals surface area contributed by atoms with Crippen molar-refractivity contribution in [1.82, 2.24) is 4.90 Å². The fourth-order valence-corrected chi connectivity index (χ4v) is 2.96. The van der Waals surface area contributed by atoms with Crippen LogP contribution in [0, 0.1) is 10.1 Å². The third-order valence-electron chi connectivity index (χ3n) is 3.81. The zero-order valence-corrected chi connectivity index (χ0v) is 12.4. The van der Waals surface area contributed by atoms with Crippen LogP contribution in [0.1, 0.15) is 31.2 Å². The summed E-state index contributed by atoms with van der Waals surface area (Å²) in [6.45, 7) is 1.46. The second kappa shape index (κ2) is 6.87. The van der Waals surface area contributed by atoms with Crippen LogP contribution < -0.4 is 5.73 Å². The standard InChI is InChI=1S/C14H18ClN3O3/c15-13-7-12(18(20)21)5-4-10(13)9-17-6-2-1-3-11(17)8-14(16)19/h4-5,7,11H,1-3,6,8-9H2,(H2,16,19)/t11-/m0/s1. The molecule has 0 aromatic heterocycles. The van der Waals surface area contributed by atoms with E-state index in [4.69, 9.17) is 17.3 Å². The van der Waals surface area contributed by atoms with E-state index in [9.17, 15) is 14.9 Å². The maximum atomic E-state index is 11.1. The summed E-state index contributed by atoms with van der Waals surface area (Å²) in [6, 6.07) is 4.62. The number of carbonyl (C=O) groups excluding carboxylic acids is 1. The van der Waals surface area contributed by atoms with Crippen LogP contribution in [0.3, 0.4) is 0 Å². The van der Waals surface area contributed by atoms with Gasteiger partial charge in [0, 0.05) is 31.1 Å². The SMILES string of the molecule is NC(=O)C[C@@H]1CCCCN1Cc1ccc([N+](=O)[O-])cc1Cl. The second-order valence-corrected chi connectivity index (χ2v) is 5.73. The van der Waals surface area contributed by atoms with Gasteiger partial charge < -0.3 is 5.73 Å². The number of rotatable bonds is 5. The summed E-state index contributed by atoms with van der Waals surface area (Å²) in [5, 5.41) is 11.1. The zero-order chi connectivity index (χ0) is 15.4. The van der Waals surface area contributed by atoms with Crippen LogP contribution >= 0.6 is 11.6 Å². The molecule has 1 saturated heterocycles. The van der Waals surface area contributed by atoms with Crippen LogP contribution in [0.25, 0.3) is 0 Å². The summed E-state index contributed by atoms with van der Waals surface area (Å²) in [5.41, 5.74) is 6.11. The number of piperidine rings is 1. The molecule has 1 aromatic rings. The van der Waals surface area contributed by atoms with Gasteiger partial charge in [-0.1, -0.05) is 18.0 Å². The Labute approximate surface area is 128 Å². The van der Waals surface area contributed by atoms with Crippen LogP contribution in [0.4, 0.5) is 5.69 Å². The number of nitrogens with two attached hydrogens (primary N) is 1. The van der Waals surface area contributed by atoms with Gasteiger partial charge in [-0.2, -0.15) is 0 Å². The fraction of sp³-hybridized carbons (Fsp3) is 0.500. The summed E-state index contributed by atoms with van der Waals surface area (Å²) in [6.07, 6.45) is 3.43. The first kappa shape index (κ1) is 15.7. The molecule has 21 heavy (non-hydrogen) atoms. The molecular weight excluding hydrogens is 294 g/mol. The lowest BCUT2D eigenvalue weighted by molar-refractivity contribution is -0.384. The van der Waals surface area contributed by atoms with Crippen LogP contribution in [0.15, 0.2) is 18.2 Å². The summed E-state index contributed by atoms with van der Waals surface area (Å²) < 4.78 is 0. The zero-order valence-electron chi connectivity index (χ0n) is 11.6. The summed E-state index contributed by atoms with van der Waals surface area (Å²) in [5.74, 6) is -0.304. The molecule has 0 radical (unpaired) electrons. The van der Waals surface area contributed by atoms with Gasteiger partial charge in [0.25, 0.3) is 5.69 Å². The van der Waals surface area contributed by atoms with Gasteiger partial charge in [0.05, 0.1) is 9.95 Å². The van der Waals surface area contributed by atoms with Crippen molar-refractivity contribution in [2.24, 2.45) is 5.73 Å². The van der Waals surface area contributed by atoms with Gasteiger partial charge in [-0.15, -0.1) is 0 Å². The molecule has 1 aromatic carbocycles. The van der Waals surface area contributed by atoms with Gasteiger partial charge >= 0.3 is 0 Å². The predicted octanol–water partition coefficient (Wildman–Crippen LogP) is 2.48. The van der Waals surface area contributed by atoms with Gasteiger partial charge in [0.1, 0.15) is 0 Å². The Kier molecular flexibility index (Phi) is 5.14. The number of amides is 1. The van der Waals surface area contributed by atoms with E-state index in [2.05, 4.69) is 4.90 Å². The lowest BCUT2D eigenvalue weighted by atomic mass is 9.98. The largest absolute Gasteiger partial charge is 0.370 e. The molecule has 114 valence electrons. The van der Waals surface area contributed by atoms with E-state index in [0.717, 1.165) is 31.4 Å². The van der Waals surface area contributed by atoms with Crippen LogP contribution in [-0.2, 0) is 11.3 Å². The number of benzene rings is 1. The molecule has 0 unspecified atom stereocenters. The Balaban J connectivity index is 2.11. The van der Waals surface area contributed by atoms with Gasteiger partial charge in [-0.05, 0) is 31.0 Å². The van der Waals surface area contributed by atoms with Crippen LogP contribution in [0.5, 0.6) is 0 Å². The number of nitrogens with zero attached hydrogens (tertiary/aromatic N) is 2. The predicted molar refractivity (Wildman–Crippen MR) is 80.0 cm³/mol. The maximum Gasteiger partial charge on any atom is 0.270 e. The third kappa shape index (κ3) is 4.15. The Morgan fingerprint density at radius 3 is 2.86 bits per heavy atom. The Morgan fingerprint density at radius 1 is 1.48 bits per heavy atom. The van der Waals surface area contributed by atoms with Crippen molar-refractivity contribution in [3.05, 3.63) is 38.9 Å². The average Bonchev–Trinajstić information content (AvgIpc) is 2.42. The molecule has 1 aliphatic heterocycles. The highest BCUT2D eigenvalue weighted by Gasteiger charge is 2.24. The van der Waals surface area contributed by atoms with Crippen LogP contribution in [0.2, 0.25) is 5.02 Å². The number of primary amides is 1. The van der Waals surface area contributed by atoms with Crippen molar-refractivity contribution < 1.29 is 9.72 Å². The minimum absolute atomic E-state index is 0.0175. The molecule has 1 aliphatic rings. The van der Waals surface area contributed by atoms with E-state index < -0.39 is 4.92 Å². The summed E-state index contributed by atoms with van der Waals surface area (Å²) in [4.78, 5) is 23.6. The average molecular weight is 312 g/mol. The molecule has 1 atom stereocenters. The summed E-state index contributed by atoms with van der Waals surface area (Å²) >= 11 is 6.12. The molecular formula is C14H18ClN3O3. The first-order valence-electron chi connectivity index (χ1n) is 6.92. The summed E-state index contributed by atoms with van der Waals surface area (Å²) in [7, 11) is 0. The lowest BCUT2D eigenvalue weighted by Crippen LogP contribution is -2.41. The smallest absolute Gasteiger partial charge is 0.270 e. The lowest BCUT2D eigenvalue weighted by Gasteiger charge is -2.35. The van der Waals surface area contributed by atoms with Gasteiger partial charge in [-0.3, -0.25) is 19.8 Å². The number of nitro benzene ring substituents is 1. The number of non-ortho nitro benzene ring substituents is 1. The van der Waals surface area contributed by atoms with Crippen molar-refractivity contribution in [2.75, 3.05) is 6.54 Å². The fourth-order valence-electron chi connectivity index (χ4n) is 2.73. The van der Waals surface area contributed by atoms with Crippen molar-refractivity contribution >= 4 is 23.2 Å². The van der Waals surface area contributed by atoms with E-state index in [1.807, 2.05) is 0 Å². The van der Waals surface area contributed by atoms with E-state index >= 15 is 0 Å². The van der Waals surface area contributed by atoms with Gasteiger partial charge in [-0.25, -0.2) is 0 Å². The van der Waals surface area contributed by atoms with E-state index in [1.165, 1.54) is 12.1 Å². The van der Waals surface area contributed by atoms with E-state index in [0.29, 0.717) is 18.0 Å². The minimum atomic E-state index is -0.466. The van der Waals surface area contributed by atoms with E-state index in [-0.39, 0.29) is 17.6 Å². The quantitative estimate of drug-likeness (QED) is 0.668. The molecule has 6 nitrogen and oxygen atoms in total. The Bertz CT molecular complexity index is 550. The number of hydrogen-bond acceptors (Lipinski definition) is 4. The molecule has 2 N–H and O–H groups in total. The molecule has 0 bridgehead atoms. The molecule has 1 amide bonds. The number of halogens is 1. The highest BCUT2D eigenvalue weighted by Crippen LogP contribution is 2.27. The van der Waals surface area contributed by atoms with Crippen LogP contribution in [-0.4, -0.2) is 28.3 Å².